The summed E-state index contributed by atoms with van der Waals surface area (Å²) in [5, 5.41) is 20.0. The van der Waals surface area contributed by atoms with Crippen LogP contribution in [0.15, 0.2) is 102 Å². The largest absolute Gasteiger partial charge is 0.496 e. The van der Waals surface area contributed by atoms with E-state index < -0.39 is 18.0 Å². The molecule has 0 radical (unpaired) electrons. The summed E-state index contributed by atoms with van der Waals surface area (Å²) in [5.41, 5.74) is 3.41. The molecule has 0 heterocycles. The highest BCUT2D eigenvalue weighted by Gasteiger charge is 2.16. The average Bonchev–Trinajstić information content (AvgIpc) is 3.11. The Morgan fingerprint density at radius 1 is 0.787 bits per heavy atom. The fourth-order valence-electron chi connectivity index (χ4n) is 4.83. The molecule has 4 rings (SSSR count). The summed E-state index contributed by atoms with van der Waals surface area (Å²) in [5.74, 6) is 0.259. The van der Waals surface area contributed by atoms with E-state index >= 15 is 0 Å². The molecule has 0 saturated heterocycles. The van der Waals surface area contributed by atoms with E-state index in [-0.39, 0.29) is 0 Å². The van der Waals surface area contributed by atoms with Crippen LogP contribution in [0.5, 0.6) is 11.5 Å². The number of nitrogens with zero attached hydrogens (tertiary/aromatic N) is 2. The molecule has 0 fully saturated rings. The van der Waals surface area contributed by atoms with Gasteiger partial charge in [0.2, 0.25) is 0 Å². The number of carbonyl (C=O) groups excluding carboxylic acids is 2. The first kappa shape index (κ1) is 34.6. The lowest BCUT2D eigenvalue weighted by molar-refractivity contribution is -0.270. The number of carbonyl (C=O) groups is 2. The molecule has 0 spiro atoms. The van der Waals surface area contributed by atoms with Gasteiger partial charge >= 0.3 is 11.9 Å². The molecule has 244 valence electrons. The van der Waals surface area contributed by atoms with E-state index in [0.29, 0.717) is 30.1 Å². The number of hydrogen-bond acceptors (Lipinski definition) is 10. The van der Waals surface area contributed by atoms with Crippen LogP contribution in [0.1, 0.15) is 64.4 Å². The van der Waals surface area contributed by atoms with Crippen LogP contribution in [-0.2, 0) is 19.2 Å². The van der Waals surface area contributed by atoms with E-state index in [1.165, 1.54) is 20.3 Å². The van der Waals surface area contributed by atoms with Crippen molar-refractivity contribution in [3.05, 3.63) is 119 Å². The maximum atomic E-state index is 12.0. The van der Waals surface area contributed by atoms with Crippen LogP contribution >= 0.6 is 0 Å². The number of esters is 2. The number of rotatable bonds is 17. The number of benzene rings is 4. The van der Waals surface area contributed by atoms with Gasteiger partial charge in [-0.15, -0.1) is 0 Å². The minimum atomic E-state index is -0.670. The van der Waals surface area contributed by atoms with Crippen molar-refractivity contribution in [2.75, 3.05) is 27.4 Å². The van der Waals surface area contributed by atoms with Gasteiger partial charge in [0, 0.05) is 6.08 Å². The average molecular weight is 639 g/mol. The highest BCUT2D eigenvalue weighted by atomic mass is 17.1. The number of hydrogen-bond donors (Lipinski definition) is 1. The maximum absolute atomic E-state index is 12.0. The molecule has 0 amide bonds. The van der Waals surface area contributed by atoms with Gasteiger partial charge in [-0.3, -0.25) is 5.26 Å². The van der Waals surface area contributed by atoms with Gasteiger partial charge in [-0.2, -0.15) is 10.2 Å². The van der Waals surface area contributed by atoms with Gasteiger partial charge in [-0.1, -0.05) is 43.0 Å². The van der Waals surface area contributed by atoms with Crippen LogP contribution in [0.3, 0.4) is 0 Å². The normalized spacial score (nSPS) is 11.9. The fraction of sp³-hybridized carbons (Fsp3) is 0.243. The zero-order valence-corrected chi connectivity index (χ0v) is 26.5. The smallest absolute Gasteiger partial charge is 0.341 e. The van der Waals surface area contributed by atoms with Gasteiger partial charge in [0.25, 0.3) is 0 Å². The summed E-state index contributed by atoms with van der Waals surface area (Å²) in [6.45, 7) is 4.36. The molecule has 0 aromatic heterocycles. The topological polar surface area (TPSA) is 125 Å². The Bertz CT molecular complexity index is 1720. The van der Waals surface area contributed by atoms with E-state index in [1.54, 1.807) is 30.6 Å². The fourth-order valence-corrected chi connectivity index (χ4v) is 4.83. The Hall–Kier alpha value is -5.32. The van der Waals surface area contributed by atoms with Crippen molar-refractivity contribution in [3.63, 3.8) is 0 Å². The molecule has 0 saturated carbocycles. The third-order valence-corrected chi connectivity index (χ3v) is 7.31. The van der Waals surface area contributed by atoms with E-state index in [9.17, 15) is 14.8 Å². The van der Waals surface area contributed by atoms with Crippen molar-refractivity contribution in [3.8, 4) is 11.5 Å². The summed E-state index contributed by atoms with van der Waals surface area (Å²) in [6, 6.07) is 24.3. The van der Waals surface area contributed by atoms with Crippen LogP contribution in [0, 0.1) is 0 Å². The zero-order chi connectivity index (χ0) is 33.4. The lowest BCUT2D eigenvalue weighted by atomic mass is 9.97. The van der Waals surface area contributed by atoms with E-state index in [0.717, 1.165) is 58.9 Å². The molecule has 0 aliphatic rings. The predicted molar refractivity (Wildman–Crippen MR) is 181 cm³/mol. The molecule has 10 nitrogen and oxygen atoms in total. The Balaban J connectivity index is 1.31. The summed E-state index contributed by atoms with van der Waals surface area (Å²) < 4.78 is 20.9. The first-order chi connectivity index (χ1) is 22.9. The highest BCUT2D eigenvalue weighted by molar-refractivity contribution is 5.95. The van der Waals surface area contributed by atoms with E-state index in [2.05, 4.69) is 16.8 Å². The minimum absolute atomic E-state index is 0.304. The van der Waals surface area contributed by atoms with Gasteiger partial charge in [0.15, 0.2) is 0 Å². The van der Waals surface area contributed by atoms with E-state index in [4.69, 9.17) is 23.8 Å². The quantitative estimate of drug-likeness (QED) is 0.0318. The lowest BCUT2D eigenvalue weighted by Crippen LogP contribution is -2.04. The Labute approximate surface area is 273 Å². The molecule has 4 aromatic rings. The SMILES string of the molecule is C=CC(=O)OCCCCCCOc1ccc(C(OO)c2ccc3cc(/C=N\N=C/c4ccc(OC)c(C(=O)OC)c4)ccc3c2)cc1. The molecular weight excluding hydrogens is 600 g/mol. The molecule has 1 N–H and O–H groups in total. The first-order valence-electron chi connectivity index (χ1n) is 15.1. The van der Waals surface area contributed by atoms with Gasteiger partial charge in [0.1, 0.15) is 23.2 Å². The Kier molecular flexibility index (Phi) is 13.2. The van der Waals surface area contributed by atoms with Crippen LogP contribution in [0.2, 0.25) is 0 Å². The summed E-state index contributed by atoms with van der Waals surface area (Å²) in [7, 11) is 2.80. The molecule has 0 aliphatic carbocycles. The Morgan fingerprint density at radius 2 is 1.43 bits per heavy atom. The van der Waals surface area contributed by atoms with Crippen molar-refractivity contribution in [1.82, 2.24) is 0 Å². The van der Waals surface area contributed by atoms with Crippen molar-refractivity contribution < 1.29 is 38.7 Å². The van der Waals surface area contributed by atoms with Gasteiger partial charge in [-0.25, -0.2) is 14.5 Å². The van der Waals surface area contributed by atoms with Crippen molar-refractivity contribution in [2.24, 2.45) is 10.2 Å². The number of fused-ring (bicyclic) bond motifs is 1. The van der Waals surface area contributed by atoms with Gasteiger partial charge < -0.3 is 18.9 Å². The van der Waals surface area contributed by atoms with Crippen molar-refractivity contribution >= 4 is 35.1 Å². The maximum Gasteiger partial charge on any atom is 0.341 e. The van der Waals surface area contributed by atoms with Crippen LogP contribution in [0.25, 0.3) is 10.8 Å². The molecule has 0 bridgehead atoms. The van der Waals surface area contributed by atoms with Crippen molar-refractivity contribution in [2.45, 2.75) is 31.8 Å². The second-order valence-electron chi connectivity index (χ2n) is 10.5. The molecule has 4 aromatic carbocycles. The molecular formula is C37H38N2O8. The molecule has 0 aliphatic heterocycles. The van der Waals surface area contributed by atoms with Crippen LogP contribution in [0.4, 0.5) is 0 Å². The summed E-state index contributed by atoms with van der Waals surface area (Å²) >= 11 is 0. The second-order valence-corrected chi connectivity index (χ2v) is 10.5. The second kappa shape index (κ2) is 18.0. The van der Waals surface area contributed by atoms with Gasteiger partial charge in [-0.05, 0) is 101 Å². The summed E-state index contributed by atoms with van der Waals surface area (Å²) in [4.78, 5) is 27.9. The number of ether oxygens (including phenoxy) is 4. The Morgan fingerprint density at radius 3 is 2.11 bits per heavy atom. The molecule has 1 atom stereocenters. The predicted octanol–water partition coefficient (Wildman–Crippen LogP) is 7.34. The van der Waals surface area contributed by atoms with Crippen molar-refractivity contribution in [1.29, 1.82) is 0 Å². The third kappa shape index (κ3) is 10.1. The number of methoxy groups -OCH3 is 2. The molecule has 1 unspecified atom stereocenters. The standard InChI is InChI=1S/C37H38N2O8/c1-4-35(40)46-20-8-6-5-7-19-45-32-16-14-28(15-17-32)36(47-42)31-13-12-29-21-26(9-11-30(29)23-31)24-38-39-25-27-10-18-34(43-2)33(22-27)37(41)44-3/h4,9-18,21-25,36,42H,1,5-8,19-20H2,2-3H3/b38-24-,39-25-. The highest BCUT2D eigenvalue weighted by Crippen LogP contribution is 2.30. The summed E-state index contributed by atoms with van der Waals surface area (Å²) in [6.07, 6.45) is 7.30. The van der Waals surface area contributed by atoms with Crippen LogP contribution in [-0.4, -0.2) is 57.1 Å². The third-order valence-electron chi connectivity index (χ3n) is 7.31. The minimum Gasteiger partial charge on any atom is -0.496 e. The number of unbranched alkanes of at least 4 members (excludes halogenated alkanes) is 3. The van der Waals surface area contributed by atoms with E-state index in [1.807, 2.05) is 60.7 Å². The monoisotopic (exact) mass is 638 g/mol. The zero-order valence-electron chi connectivity index (χ0n) is 26.5. The van der Waals surface area contributed by atoms with Gasteiger partial charge in [0.05, 0.1) is 39.9 Å². The first-order valence-corrected chi connectivity index (χ1v) is 15.1. The lowest BCUT2D eigenvalue weighted by Gasteiger charge is -2.16. The molecule has 10 heteroatoms. The van der Waals surface area contributed by atoms with Crippen LogP contribution < -0.4 is 9.47 Å². The molecule has 47 heavy (non-hydrogen) atoms.